The molecule has 0 spiro atoms. The van der Waals surface area contributed by atoms with E-state index in [1.165, 1.54) is 0 Å². The topological polar surface area (TPSA) is 95.1 Å². The lowest BCUT2D eigenvalue weighted by Crippen LogP contribution is -2.42. The van der Waals surface area contributed by atoms with Crippen LogP contribution in [-0.2, 0) is 11.8 Å². The van der Waals surface area contributed by atoms with Crippen LogP contribution in [0.5, 0.6) is 5.88 Å². The van der Waals surface area contributed by atoms with Gasteiger partial charge in [-0.25, -0.2) is 4.98 Å². The van der Waals surface area contributed by atoms with Gasteiger partial charge in [-0.05, 0) is 6.07 Å². The van der Waals surface area contributed by atoms with Gasteiger partial charge < -0.3 is 15.8 Å². The van der Waals surface area contributed by atoms with Crippen molar-refractivity contribution in [1.29, 1.82) is 0 Å². The van der Waals surface area contributed by atoms with Gasteiger partial charge in [-0.1, -0.05) is 0 Å². The van der Waals surface area contributed by atoms with E-state index < -0.39 is 6.10 Å². The summed E-state index contributed by atoms with van der Waals surface area (Å²) < 4.78 is 7.12. The molecule has 98 valence electrons. The summed E-state index contributed by atoms with van der Waals surface area (Å²) in [5, 5.41) is 6.84. The zero-order valence-corrected chi connectivity index (χ0v) is 10.3. The standard InChI is InChI=1S/C12H13N5O2/c1-17-6-8(5-15-17)7-2-9-12(14-4-7)19-10(3-13)11(18)16-9/h2,4-6,10H,3,13H2,1H3,(H,16,18). The van der Waals surface area contributed by atoms with Crippen molar-refractivity contribution in [2.24, 2.45) is 12.8 Å². The monoisotopic (exact) mass is 259 g/mol. The number of anilines is 1. The van der Waals surface area contributed by atoms with Crippen LogP contribution in [0.1, 0.15) is 0 Å². The van der Waals surface area contributed by atoms with Crippen LogP contribution in [0.4, 0.5) is 5.69 Å². The Bertz CT molecular complexity index is 637. The summed E-state index contributed by atoms with van der Waals surface area (Å²) in [6.45, 7) is 0.122. The van der Waals surface area contributed by atoms with E-state index in [0.29, 0.717) is 11.6 Å². The minimum absolute atomic E-state index is 0.122. The van der Waals surface area contributed by atoms with Crippen LogP contribution in [0.25, 0.3) is 11.1 Å². The van der Waals surface area contributed by atoms with Crippen LogP contribution in [0, 0.1) is 0 Å². The highest BCUT2D eigenvalue weighted by Crippen LogP contribution is 2.31. The third-order valence-corrected chi connectivity index (χ3v) is 2.91. The minimum atomic E-state index is -0.677. The number of nitrogens with one attached hydrogen (secondary N) is 1. The minimum Gasteiger partial charge on any atom is -0.461 e. The molecule has 0 aliphatic carbocycles. The molecule has 1 unspecified atom stereocenters. The summed E-state index contributed by atoms with van der Waals surface area (Å²) in [7, 11) is 1.84. The number of ether oxygens (including phenoxy) is 1. The van der Waals surface area contributed by atoms with Crippen molar-refractivity contribution in [2.45, 2.75) is 6.10 Å². The van der Waals surface area contributed by atoms with Crippen molar-refractivity contribution >= 4 is 11.6 Å². The van der Waals surface area contributed by atoms with Crippen LogP contribution < -0.4 is 15.8 Å². The van der Waals surface area contributed by atoms with E-state index in [1.807, 2.05) is 19.3 Å². The molecule has 1 aliphatic heterocycles. The fourth-order valence-electron chi connectivity index (χ4n) is 1.92. The Morgan fingerprint density at radius 3 is 3.00 bits per heavy atom. The smallest absolute Gasteiger partial charge is 0.267 e. The molecule has 3 heterocycles. The average Bonchev–Trinajstić information content (AvgIpc) is 2.84. The Balaban J connectivity index is 1.97. The fourth-order valence-corrected chi connectivity index (χ4v) is 1.92. The van der Waals surface area contributed by atoms with Gasteiger partial charge in [0, 0.05) is 37.1 Å². The van der Waals surface area contributed by atoms with Gasteiger partial charge in [0.25, 0.3) is 5.91 Å². The van der Waals surface area contributed by atoms with Gasteiger partial charge in [0.1, 0.15) is 5.69 Å². The summed E-state index contributed by atoms with van der Waals surface area (Å²) in [5.41, 5.74) is 7.79. The molecule has 7 heteroatoms. The van der Waals surface area contributed by atoms with Crippen LogP contribution in [0.3, 0.4) is 0 Å². The largest absolute Gasteiger partial charge is 0.461 e. The van der Waals surface area contributed by atoms with E-state index >= 15 is 0 Å². The number of hydrogen-bond acceptors (Lipinski definition) is 5. The molecular weight excluding hydrogens is 246 g/mol. The predicted octanol–water partition coefficient (Wildman–Crippen LogP) is 0.140. The Morgan fingerprint density at radius 1 is 1.47 bits per heavy atom. The molecule has 19 heavy (non-hydrogen) atoms. The number of pyridine rings is 1. The quantitative estimate of drug-likeness (QED) is 0.800. The first-order valence-electron chi connectivity index (χ1n) is 5.84. The van der Waals surface area contributed by atoms with E-state index in [4.69, 9.17) is 10.5 Å². The molecule has 0 saturated heterocycles. The lowest BCUT2D eigenvalue weighted by molar-refractivity contribution is -0.123. The second-order valence-corrected chi connectivity index (χ2v) is 4.31. The Labute approximate surface area is 109 Å². The van der Waals surface area contributed by atoms with E-state index in [9.17, 15) is 4.79 Å². The first-order valence-corrected chi connectivity index (χ1v) is 5.84. The van der Waals surface area contributed by atoms with E-state index in [0.717, 1.165) is 11.1 Å². The van der Waals surface area contributed by atoms with Crippen molar-refractivity contribution in [3.63, 3.8) is 0 Å². The van der Waals surface area contributed by atoms with Crippen molar-refractivity contribution in [2.75, 3.05) is 11.9 Å². The van der Waals surface area contributed by atoms with E-state index in [-0.39, 0.29) is 12.5 Å². The predicted molar refractivity (Wildman–Crippen MR) is 68.5 cm³/mol. The Kier molecular flexibility index (Phi) is 2.68. The third-order valence-electron chi connectivity index (χ3n) is 2.91. The molecule has 1 aliphatic rings. The number of nitrogens with two attached hydrogens (primary N) is 1. The molecule has 1 amide bonds. The van der Waals surface area contributed by atoms with Crippen LogP contribution in [-0.4, -0.2) is 33.3 Å². The number of amides is 1. The van der Waals surface area contributed by atoms with Crippen molar-refractivity contribution in [1.82, 2.24) is 14.8 Å². The molecular formula is C12H13N5O2. The molecule has 0 saturated carbocycles. The van der Waals surface area contributed by atoms with Gasteiger partial charge in [0.05, 0.1) is 6.20 Å². The summed E-state index contributed by atoms with van der Waals surface area (Å²) in [5.74, 6) is 0.142. The van der Waals surface area contributed by atoms with E-state index in [1.54, 1.807) is 17.1 Å². The number of hydrogen-bond donors (Lipinski definition) is 2. The number of aromatic nitrogens is 3. The SMILES string of the molecule is Cn1cc(-c2cnc3c(c2)NC(=O)C(CN)O3)cn1. The lowest BCUT2D eigenvalue weighted by Gasteiger charge is -2.23. The zero-order valence-electron chi connectivity index (χ0n) is 10.3. The second-order valence-electron chi connectivity index (χ2n) is 4.31. The van der Waals surface area contributed by atoms with Gasteiger partial charge in [0.2, 0.25) is 5.88 Å². The first kappa shape index (κ1) is 11.7. The maximum absolute atomic E-state index is 11.7. The maximum atomic E-state index is 11.7. The summed E-state index contributed by atoms with van der Waals surface area (Å²) in [4.78, 5) is 15.9. The Morgan fingerprint density at radius 2 is 2.32 bits per heavy atom. The van der Waals surface area contributed by atoms with Gasteiger partial charge in [-0.15, -0.1) is 0 Å². The van der Waals surface area contributed by atoms with Crippen molar-refractivity contribution < 1.29 is 9.53 Å². The highest BCUT2D eigenvalue weighted by molar-refractivity contribution is 5.98. The molecule has 0 radical (unpaired) electrons. The summed E-state index contributed by atoms with van der Waals surface area (Å²) in [6.07, 6.45) is 4.61. The number of rotatable bonds is 2. The molecule has 1 atom stereocenters. The second kappa shape index (κ2) is 4.36. The van der Waals surface area contributed by atoms with Crippen molar-refractivity contribution in [3.8, 4) is 17.0 Å². The van der Waals surface area contributed by atoms with Crippen LogP contribution in [0.15, 0.2) is 24.7 Å². The molecule has 0 fully saturated rings. The van der Waals surface area contributed by atoms with Gasteiger partial charge in [-0.2, -0.15) is 5.10 Å². The number of carbonyl (C=O) groups excluding carboxylic acids is 1. The Hall–Kier alpha value is -2.41. The zero-order chi connectivity index (χ0) is 13.4. The number of fused-ring (bicyclic) bond motifs is 1. The molecule has 2 aromatic rings. The molecule has 3 rings (SSSR count). The maximum Gasteiger partial charge on any atom is 0.267 e. The highest BCUT2D eigenvalue weighted by atomic mass is 16.5. The molecule has 2 aromatic heterocycles. The van der Waals surface area contributed by atoms with Crippen LogP contribution in [0.2, 0.25) is 0 Å². The van der Waals surface area contributed by atoms with Crippen molar-refractivity contribution in [3.05, 3.63) is 24.7 Å². The van der Waals surface area contributed by atoms with E-state index in [2.05, 4.69) is 15.4 Å². The molecule has 0 bridgehead atoms. The third kappa shape index (κ3) is 2.04. The van der Waals surface area contributed by atoms with Gasteiger partial charge >= 0.3 is 0 Å². The van der Waals surface area contributed by atoms with Gasteiger partial charge in [0.15, 0.2) is 6.10 Å². The van der Waals surface area contributed by atoms with Gasteiger partial charge in [-0.3, -0.25) is 9.48 Å². The number of aryl methyl sites for hydroxylation is 1. The normalized spacial score (nSPS) is 17.6. The highest BCUT2D eigenvalue weighted by Gasteiger charge is 2.27. The fraction of sp³-hybridized carbons (Fsp3) is 0.250. The average molecular weight is 259 g/mol. The molecule has 3 N–H and O–H groups in total. The lowest BCUT2D eigenvalue weighted by atomic mass is 10.1. The van der Waals surface area contributed by atoms with Crippen LogP contribution >= 0.6 is 0 Å². The molecule has 0 aromatic carbocycles. The summed E-state index contributed by atoms with van der Waals surface area (Å²) in [6, 6.07) is 1.81. The summed E-state index contributed by atoms with van der Waals surface area (Å²) >= 11 is 0. The first-order chi connectivity index (χ1) is 9.17. The molecule has 7 nitrogen and oxygen atoms in total. The number of carbonyl (C=O) groups is 1. The number of nitrogens with zero attached hydrogens (tertiary/aromatic N) is 3.